The van der Waals surface area contributed by atoms with Crippen LogP contribution in [0.3, 0.4) is 0 Å². The number of ether oxygens (including phenoxy) is 1. The van der Waals surface area contributed by atoms with Crippen LogP contribution in [0.1, 0.15) is 29.7 Å². The van der Waals surface area contributed by atoms with Gasteiger partial charge in [-0.05, 0) is 51.4 Å². The van der Waals surface area contributed by atoms with E-state index in [0.717, 1.165) is 49.9 Å². The van der Waals surface area contributed by atoms with Crippen LogP contribution in [-0.4, -0.2) is 62.1 Å². The van der Waals surface area contributed by atoms with Crippen LogP contribution in [0.5, 0.6) is 0 Å². The number of nitrogens with zero attached hydrogens (tertiary/aromatic N) is 3. The van der Waals surface area contributed by atoms with E-state index in [1.807, 2.05) is 11.3 Å². The normalized spacial score (nSPS) is 18.2. The Balaban J connectivity index is 0.00000160. The van der Waals surface area contributed by atoms with Gasteiger partial charge in [0.1, 0.15) is 10.8 Å². The number of rotatable bonds is 5. The van der Waals surface area contributed by atoms with Gasteiger partial charge in [0.2, 0.25) is 0 Å². The molecule has 4 rings (SSSR count). The minimum atomic E-state index is 0. The average molecular weight is 471 g/mol. The van der Waals surface area contributed by atoms with Gasteiger partial charge in [-0.25, -0.2) is 4.99 Å². The molecule has 0 amide bonds. The fraction of sp³-hybridized carbons (Fsp3) is 0.500. The number of thiophene rings is 1. The number of amidine groups is 1. The molecule has 8 heteroatoms. The molecular weight excluding hydrogens is 439 g/mol. The molecule has 0 spiro atoms. The van der Waals surface area contributed by atoms with Crippen molar-refractivity contribution >= 4 is 58.4 Å². The van der Waals surface area contributed by atoms with Crippen LogP contribution in [0.4, 0.5) is 16.4 Å². The summed E-state index contributed by atoms with van der Waals surface area (Å²) in [6, 6.07) is 11.2. The molecular formula is C22H32Cl2N4OS. The van der Waals surface area contributed by atoms with E-state index in [1.54, 1.807) is 7.11 Å². The number of nitrogens with one attached hydrogen (secondary N) is 1. The van der Waals surface area contributed by atoms with Gasteiger partial charge < -0.3 is 15.0 Å². The number of benzene rings is 1. The Morgan fingerprint density at radius 1 is 1.20 bits per heavy atom. The first-order valence-corrected chi connectivity index (χ1v) is 11.0. The lowest BCUT2D eigenvalue weighted by Crippen LogP contribution is -2.53. The van der Waals surface area contributed by atoms with E-state index in [9.17, 15) is 0 Å². The molecule has 1 aromatic carbocycles. The second kappa shape index (κ2) is 11.3. The third-order valence-electron chi connectivity index (χ3n) is 5.69. The molecule has 30 heavy (non-hydrogen) atoms. The van der Waals surface area contributed by atoms with Crippen molar-refractivity contribution in [2.45, 2.75) is 32.2 Å². The van der Waals surface area contributed by atoms with E-state index in [4.69, 9.17) is 9.73 Å². The molecule has 1 unspecified atom stereocenters. The molecule has 1 fully saturated rings. The van der Waals surface area contributed by atoms with Crippen LogP contribution < -0.4 is 5.32 Å². The highest BCUT2D eigenvalue weighted by Gasteiger charge is 2.29. The standard InChI is InChI=1S/C22H30N4OS.2ClH/c1-16-14-18-21(23-19-9-4-5-10-20(19)24-22(18)28-16)26-12-11-25(2)17(15-26)8-6-7-13-27-3;;/h4-5,9-10,14,17,24H,6-8,11-13,15H2,1-3H3;2*1H. The molecule has 3 heterocycles. The van der Waals surface area contributed by atoms with Crippen LogP contribution in [0.2, 0.25) is 0 Å². The van der Waals surface area contributed by atoms with E-state index in [0.29, 0.717) is 6.04 Å². The van der Waals surface area contributed by atoms with Crippen molar-refractivity contribution in [3.8, 4) is 0 Å². The summed E-state index contributed by atoms with van der Waals surface area (Å²) in [7, 11) is 4.04. The summed E-state index contributed by atoms with van der Waals surface area (Å²) in [5.74, 6) is 1.12. The lowest BCUT2D eigenvalue weighted by atomic mass is 10.0. The Labute approximate surface area is 196 Å². The third kappa shape index (κ3) is 5.48. The first kappa shape index (κ1) is 25.0. The number of methoxy groups -OCH3 is 1. The monoisotopic (exact) mass is 470 g/mol. The second-order valence-electron chi connectivity index (χ2n) is 7.75. The molecule has 0 bridgehead atoms. The van der Waals surface area contributed by atoms with E-state index in [1.165, 1.54) is 28.3 Å². The van der Waals surface area contributed by atoms with Crippen molar-refractivity contribution in [2.75, 3.05) is 45.7 Å². The molecule has 2 aliphatic heterocycles. The maximum atomic E-state index is 5.21. The van der Waals surface area contributed by atoms with Crippen LogP contribution in [0, 0.1) is 6.92 Å². The number of fused-ring (bicyclic) bond motifs is 2. The van der Waals surface area contributed by atoms with E-state index >= 15 is 0 Å². The van der Waals surface area contributed by atoms with Crippen LogP contribution >= 0.6 is 36.2 Å². The number of likely N-dealkylation sites (N-methyl/N-ethyl adjacent to an activating group) is 1. The topological polar surface area (TPSA) is 40.1 Å². The summed E-state index contributed by atoms with van der Waals surface area (Å²) in [6.07, 6.45) is 3.54. The van der Waals surface area contributed by atoms with E-state index in [-0.39, 0.29) is 24.8 Å². The predicted octanol–water partition coefficient (Wildman–Crippen LogP) is 5.47. The first-order chi connectivity index (χ1) is 13.7. The zero-order chi connectivity index (χ0) is 19.5. The smallest absolute Gasteiger partial charge is 0.139 e. The average Bonchev–Trinajstić information content (AvgIpc) is 2.98. The minimum Gasteiger partial charge on any atom is -0.385 e. The molecule has 0 radical (unpaired) electrons. The number of hydrogen-bond acceptors (Lipinski definition) is 6. The van der Waals surface area contributed by atoms with Gasteiger partial charge in [-0.15, -0.1) is 36.2 Å². The van der Waals surface area contributed by atoms with Gasteiger partial charge in [-0.3, -0.25) is 4.90 Å². The molecule has 166 valence electrons. The highest BCUT2D eigenvalue weighted by atomic mass is 35.5. The van der Waals surface area contributed by atoms with Crippen molar-refractivity contribution in [3.63, 3.8) is 0 Å². The molecule has 1 N–H and O–H groups in total. The summed E-state index contributed by atoms with van der Waals surface area (Å²) >= 11 is 1.81. The third-order valence-corrected chi connectivity index (χ3v) is 6.65. The molecule has 2 aromatic rings. The minimum absolute atomic E-state index is 0. The van der Waals surface area contributed by atoms with Crippen molar-refractivity contribution < 1.29 is 4.74 Å². The van der Waals surface area contributed by atoms with Gasteiger partial charge in [-0.1, -0.05) is 12.1 Å². The highest BCUT2D eigenvalue weighted by Crippen LogP contribution is 2.39. The van der Waals surface area contributed by atoms with Gasteiger partial charge in [0.05, 0.1) is 16.9 Å². The predicted molar refractivity (Wildman–Crippen MR) is 133 cm³/mol. The molecule has 0 aliphatic carbocycles. The number of aryl methyl sites for hydroxylation is 1. The van der Waals surface area contributed by atoms with Crippen LogP contribution in [-0.2, 0) is 4.74 Å². The maximum Gasteiger partial charge on any atom is 0.139 e. The molecule has 1 saturated heterocycles. The fourth-order valence-corrected chi connectivity index (χ4v) is 4.98. The Bertz CT molecular complexity index is 857. The Morgan fingerprint density at radius 3 is 2.80 bits per heavy atom. The number of para-hydroxylation sites is 2. The van der Waals surface area contributed by atoms with Crippen molar-refractivity contribution in [2.24, 2.45) is 4.99 Å². The molecule has 0 saturated carbocycles. The second-order valence-corrected chi connectivity index (χ2v) is 9.00. The van der Waals surface area contributed by atoms with E-state index < -0.39 is 0 Å². The maximum absolute atomic E-state index is 5.21. The summed E-state index contributed by atoms with van der Waals surface area (Å²) in [4.78, 5) is 11.5. The number of piperazine rings is 1. The summed E-state index contributed by atoms with van der Waals surface area (Å²) in [5, 5.41) is 4.82. The number of hydrogen-bond donors (Lipinski definition) is 1. The largest absolute Gasteiger partial charge is 0.385 e. The van der Waals surface area contributed by atoms with Crippen molar-refractivity contribution in [1.82, 2.24) is 9.80 Å². The summed E-state index contributed by atoms with van der Waals surface area (Å²) in [6.45, 7) is 6.14. The van der Waals surface area contributed by atoms with E-state index in [2.05, 4.69) is 59.4 Å². The molecule has 2 aliphatic rings. The van der Waals surface area contributed by atoms with Gasteiger partial charge >= 0.3 is 0 Å². The van der Waals surface area contributed by atoms with Gasteiger partial charge in [0, 0.05) is 44.3 Å². The van der Waals surface area contributed by atoms with Crippen LogP contribution in [0.25, 0.3) is 0 Å². The SMILES string of the molecule is COCCCCC1CN(C2=Nc3ccccc3Nc3sc(C)cc32)CCN1C.Cl.Cl. The Morgan fingerprint density at radius 2 is 2.00 bits per heavy atom. The quantitative estimate of drug-likeness (QED) is 0.588. The zero-order valence-corrected chi connectivity index (χ0v) is 20.3. The summed E-state index contributed by atoms with van der Waals surface area (Å²) in [5.41, 5.74) is 3.35. The number of halogens is 2. The molecule has 1 atom stereocenters. The fourth-order valence-electron chi connectivity index (χ4n) is 4.06. The Kier molecular flexibility index (Phi) is 9.44. The molecule has 5 nitrogen and oxygen atoms in total. The first-order valence-electron chi connectivity index (χ1n) is 10.2. The number of anilines is 2. The van der Waals surface area contributed by atoms with Crippen molar-refractivity contribution in [3.05, 3.63) is 40.8 Å². The molecule has 1 aromatic heterocycles. The lowest BCUT2D eigenvalue weighted by Gasteiger charge is -2.41. The van der Waals surface area contributed by atoms with Gasteiger partial charge in [0.15, 0.2) is 0 Å². The van der Waals surface area contributed by atoms with Crippen LogP contribution in [0.15, 0.2) is 35.3 Å². The summed E-state index contributed by atoms with van der Waals surface area (Å²) < 4.78 is 5.21. The van der Waals surface area contributed by atoms with Gasteiger partial charge in [0.25, 0.3) is 0 Å². The highest BCUT2D eigenvalue weighted by molar-refractivity contribution is 7.16. The number of aliphatic imine (C=N–C) groups is 1. The Hall–Kier alpha value is -1.31. The number of unbranched alkanes of at least 4 members (excludes halogenated alkanes) is 1. The zero-order valence-electron chi connectivity index (χ0n) is 17.9. The van der Waals surface area contributed by atoms with Crippen molar-refractivity contribution in [1.29, 1.82) is 0 Å². The van der Waals surface area contributed by atoms with Gasteiger partial charge in [-0.2, -0.15) is 0 Å². The lowest BCUT2D eigenvalue weighted by molar-refractivity contribution is 0.127.